The molecule has 0 aliphatic carbocycles. The molecule has 23 heavy (non-hydrogen) atoms. The van der Waals surface area contributed by atoms with Crippen LogP contribution in [0.15, 0.2) is 18.2 Å². The van der Waals surface area contributed by atoms with E-state index in [0.717, 1.165) is 13.1 Å². The summed E-state index contributed by atoms with van der Waals surface area (Å²) in [6, 6.07) is 4.81. The highest BCUT2D eigenvalue weighted by Gasteiger charge is 2.43. The Kier molecular flexibility index (Phi) is 3.86. The predicted molar refractivity (Wildman–Crippen MR) is 87.8 cm³/mol. The quantitative estimate of drug-likeness (QED) is 0.808. The second kappa shape index (κ2) is 5.58. The minimum Gasteiger partial charge on any atom is -0.444 e. The molecule has 1 aromatic carbocycles. The molecule has 6 heteroatoms. The van der Waals surface area contributed by atoms with Gasteiger partial charge in [-0.1, -0.05) is 0 Å². The number of rotatable bonds is 1. The minimum atomic E-state index is -0.478. The zero-order valence-corrected chi connectivity index (χ0v) is 13.9. The molecule has 5 nitrogen and oxygen atoms in total. The van der Waals surface area contributed by atoms with E-state index in [4.69, 9.17) is 10.5 Å². The largest absolute Gasteiger partial charge is 0.444 e. The molecule has 2 N–H and O–H groups in total. The van der Waals surface area contributed by atoms with E-state index in [2.05, 4.69) is 4.90 Å². The van der Waals surface area contributed by atoms with Gasteiger partial charge in [0.1, 0.15) is 11.4 Å². The third kappa shape index (κ3) is 3.35. The molecule has 0 bridgehead atoms. The van der Waals surface area contributed by atoms with Crippen molar-refractivity contribution in [1.29, 1.82) is 0 Å². The maximum atomic E-state index is 14.1. The van der Waals surface area contributed by atoms with E-state index in [1.54, 1.807) is 17.0 Å². The van der Waals surface area contributed by atoms with Crippen molar-refractivity contribution in [1.82, 2.24) is 4.90 Å². The average Bonchev–Trinajstić information content (AvgIpc) is 2.94. The predicted octanol–water partition coefficient (Wildman–Crippen LogP) is 2.71. The number of ether oxygens (including phenoxy) is 1. The number of hydrogen-bond donors (Lipinski definition) is 1. The molecule has 0 unspecified atom stereocenters. The van der Waals surface area contributed by atoms with Gasteiger partial charge < -0.3 is 20.3 Å². The summed E-state index contributed by atoms with van der Waals surface area (Å²) in [6.07, 6.45) is -0.253. The zero-order chi connectivity index (χ0) is 16.8. The first-order valence-corrected chi connectivity index (χ1v) is 8.01. The highest BCUT2D eigenvalue weighted by molar-refractivity contribution is 5.68. The number of nitrogens with two attached hydrogens (primary N) is 1. The highest BCUT2D eigenvalue weighted by atomic mass is 19.1. The number of fused-ring (bicyclic) bond motifs is 1. The van der Waals surface area contributed by atoms with E-state index in [1.165, 1.54) is 6.07 Å². The summed E-state index contributed by atoms with van der Waals surface area (Å²) >= 11 is 0. The fraction of sp³-hybridized carbons (Fsp3) is 0.588. The minimum absolute atomic E-state index is 0.253. The molecule has 0 saturated carbocycles. The zero-order valence-electron chi connectivity index (χ0n) is 13.9. The number of nitrogen functional groups attached to an aromatic ring is 1. The molecule has 0 radical (unpaired) electrons. The lowest BCUT2D eigenvalue weighted by Crippen LogP contribution is -2.37. The van der Waals surface area contributed by atoms with Crippen LogP contribution in [0, 0.1) is 17.7 Å². The molecule has 0 aromatic heterocycles. The van der Waals surface area contributed by atoms with E-state index in [-0.39, 0.29) is 11.9 Å². The molecule has 2 heterocycles. The molecule has 1 amide bonds. The van der Waals surface area contributed by atoms with Crippen LogP contribution in [0.4, 0.5) is 20.6 Å². The summed E-state index contributed by atoms with van der Waals surface area (Å²) in [6.45, 7) is 8.46. The Labute approximate surface area is 136 Å². The van der Waals surface area contributed by atoms with Crippen LogP contribution in [0.5, 0.6) is 0 Å². The van der Waals surface area contributed by atoms with Crippen LogP contribution in [-0.4, -0.2) is 42.8 Å². The standard InChI is InChI=1S/C17H24FN3O2/c1-17(2,3)23-16(22)21-9-11-7-20(8-12(11)10-21)15-5-4-13(19)6-14(15)18/h4-6,11-12H,7-10,19H2,1-3H3/t11-,12+. The van der Waals surface area contributed by atoms with Gasteiger partial charge in [-0.05, 0) is 39.0 Å². The van der Waals surface area contributed by atoms with Crippen LogP contribution >= 0.6 is 0 Å². The summed E-state index contributed by atoms with van der Waals surface area (Å²) < 4.78 is 19.5. The van der Waals surface area contributed by atoms with Crippen molar-refractivity contribution in [3.05, 3.63) is 24.0 Å². The summed E-state index contributed by atoms with van der Waals surface area (Å²) in [5, 5.41) is 0. The number of carbonyl (C=O) groups is 1. The van der Waals surface area contributed by atoms with Crippen LogP contribution < -0.4 is 10.6 Å². The molecule has 3 rings (SSSR count). The van der Waals surface area contributed by atoms with Crippen LogP contribution in [0.3, 0.4) is 0 Å². The molecule has 2 atom stereocenters. The Balaban J connectivity index is 1.62. The Morgan fingerprint density at radius 1 is 1.22 bits per heavy atom. The third-order valence-corrected chi connectivity index (χ3v) is 4.45. The molecule has 2 aliphatic heterocycles. The van der Waals surface area contributed by atoms with Crippen molar-refractivity contribution >= 4 is 17.5 Å². The lowest BCUT2D eigenvalue weighted by molar-refractivity contribution is 0.0282. The van der Waals surface area contributed by atoms with Gasteiger partial charge in [-0.3, -0.25) is 0 Å². The molecule has 1 aromatic rings. The van der Waals surface area contributed by atoms with Crippen LogP contribution in [-0.2, 0) is 4.74 Å². The molecule has 2 fully saturated rings. The first kappa shape index (κ1) is 15.9. The number of hydrogen-bond acceptors (Lipinski definition) is 4. The fourth-order valence-electron chi connectivity index (χ4n) is 3.44. The Hall–Kier alpha value is -1.98. The van der Waals surface area contributed by atoms with Gasteiger partial charge in [-0.25, -0.2) is 9.18 Å². The van der Waals surface area contributed by atoms with E-state index in [1.807, 2.05) is 20.8 Å². The third-order valence-electron chi connectivity index (χ3n) is 4.45. The number of carbonyl (C=O) groups excluding carboxylic acids is 1. The number of nitrogens with zero attached hydrogens (tertiary/aromatic N) is 2. The maximum absolute atomic E-state index is 14.1. The van der Waals surface area contributed by atoms with Crippen molar-refractivity contribution in [2.45, 2.75) is 26.4 Å². The van der Waals surface area contributed by atoms with Crippen molar-refractivity contribution in [3.63, 3.8) is 0 Å². The number of amides is 1. The Morgan fingerprint density at radius 2 is 1.83 bits per heavy atom. The summed E-state index contributed by atoms with van der Waals surface area (Å²) in [5.41, 5.74) is 6.15. The van der Waals surface area contributed by atoms with Crippen LogP contribution in [0.1, 0.15) is 20.8 Å². The van der Waals surface area contributed by atoms with Crippen LogP contribution in [0.2, 0.25) is 0 Å². The van der Waals surface area contributed by atoms with Gasteiger partial charge in [0.2, 0.25) is 0 Å². The normalized spacial score (nSPS) is 24.0. The van der Waals surface area contributed by atoms with Crippen LogP contribution in [0.25, 0.3) is 0 Å². The lowest BCUT2D eigenvalue weighted by atomic mass is 10.0. The molecule has 126 valence electrons. The smallest absolute Gasteiger partial charge is 0.410 e. The summed E-state index contributed by atoms with van der Waals surface area (Å²) in [5.74, 6) is 0.438. The number of halogens is 1. The Bertz CT molecular complexity index is 600. The Morgan fingerprint density at radius 3 is 2.35 bits per heavy atom. The summed E-state index contributed by atoms with van der Waals surface area (Å²) in [7, 11) is 0. The maximum Gasteiger partial charge on any atom is 0.410 e. The van der Waals surface area contributed by atoms with E-state index in [9.17, 15) is 9.18 Å². The van der Waals surface area contributed by atoms with Gasteiger partial charge >= 0.3 is 6.09 Å². The average molecular weight is 321 g/mol. The number of anilines is 2. The summed E-state index contributed by atoms with van der Waals surface area (Å²) in [4.78, 5) is 16.0. The second-order valence-corrected chi connectivity index (χ2v) is 7.52. The topological polar surface area (TPSA) is 58.8 Å². The molecule has 2 aliphatic rings. The first-order chi connectivity index (χ1) is 10.7. The fourth-order valence-corrected chi connectivity index (χ4v) is 3.44. The number of benzene rings is 1. The van der Waals surface area contributed by atoms with Gasteiger partial charge in [-0.15, -0.1) is 0 Å². The lowest BCUT2D eigenvalue weighted by Gasteiger charge is -2.26. The highest BCUT2D eigenvalue weighted by Crippen LogP contribution is 2.35. The first-order valence-electron chi connectivity index (χ1n) is 8.01. The van der Waals surface area contributed by atoms with E-state index < -0.39 is 5.60 Å². The van der Waals surface area contributed by atoms with Crippen molar-refractivity contribution in [2.24, 2.45) is 11.8 Å². The van der Waals surface area contributed by atoms with Gasteiger partial charge in [-0.2, -0.15) is 0 Å². The van der Waals surface area contributed by atoms with E-state index in [0.29, 0.717) is 36.3 Å². The van der Waals surface area contributed by atoms with Gasteiger partial charge in [0.15, 0.2) is 0 Å². The second-order valence-electron chi connectivity index (χ2n) is 7.52. The SMILES string of the molecule is CC(C)(C)OC(=O)N1C[C@@H]2CN(c3ccc(N)cc3F)C[C@@H]2C1. The number of likely N-dealkylation sites (tertiary alicyclic amines) is 1. The van der Waals surface area contributed by atoms with Gasteiger partial charge in [0.05, 0.1) is 5.69 Å². The van der Waals surface area contributed by atoms with Gasteiger partial charge in [0.25, 0.3) is 0 Å². The van der Waals surface area contributed by atoms with Crippen molar-refractivity contribution in [3.8, 4) is 0 Å². The van der Waals surface area contributed by atoms with Gasteiger partial charge in [0, 0.05) is 43.7 Å². The molecular formula is C17H24FN3O2. The van der Waals surface area contributed by atoms with Crippen molar-refractivity contribution < 1.29 is 13.9 Å². The molecular weight excluding hydrogens is 297 g/mol. The van der Waals surface area contributed by atoms with E-state index >= 15 is 0 Å². The molecule has 0 spiro atoms. The van der Waals surface area contributed by atoms with Crippen molar-refractivity contribution in [2.75, 3.05) is 36.8 Å². The molecule has 2 saturated heterocycles. The monoisotopic (exact) mass is 321 g/mol.